The Labute approximate surface area is 113 Å². The van der Waals surface area contributed by atoms with E-state index in [-0.39, 0.29) is 22.5 Å². The lowest BCUT2D eigenvalue weighted by Crippen LogP contribution is -2.36. The lowest BCUT2D eigenvalue weighted by Gasteiger charge is -2.23. The Hall–Kier alpha value is -1.45. The van der Waals surface area contributed by atoms with Crippen LogP contribution >= 0.6 is 0 Å². The molecule has 0 bridgehead atoms. The smallest absolute Gasteiger partial charge is 0.244 e. The molecule has 0 unspecified atom stereocenters. The summed E-state index contributed by atoms with van der Waals surface area (Å²) in [6, 6.07) is 4.94. The highest BCUT2D eigenvalue weighted by Crippen LogP contribution is 2.33. The molecule has 0 N–H and O–H groups in total. The molecule has 6 heteroatoms. The first-order chi connectivity index (χ1) is 8.96. The zero-order valence-corrected chi connectivity index (χ0v) is 11.9. The molecular weight excluding hydrogens is 262 g/mol. The van der Waals surface area contributed by atoms with Crippen molar-refractivity contribution in [2.24, 2.45) is 5.92 Å². The maximum Gasteiger partial charge on any atom is 0.246 e. The molecule has 1 aliphatic carbocycles. The summed E-state index contributed by atoms with van der Waals surface area (Å²) in [6.07, 6.45) is 3.23. The van der Waals surface area contributed by atoms with E-state index >= 15 is 0 Å². The quantitative estimate of drug-likeness (QED) is 0.823. The molecule has 1 aromatic rings. The van der Waals surface area contributed by atoms with Crippen molar-refractivity contribution in [3.63, 3.8) is 0 Å². The molecule has 19 heavy (non-hydrogen) atoms. The highest BCUT2D eigenvalue weighted by atomic mass is 32.2. The summed E-state index contributed by atoms with van der Waals surface area (Å²) in [4.78, 5) is 3.86. The molecule has 0 saturated heterocycles. The van der Waals surface area contributed by atoms with Crippen LogP contribution in [0.2, 0.25) is 0 Å². The number of aromatic nitrogens is 1. The zero-order valence-electron chi connectivity index (χ0n) is 11.1. The molecule has 1 fully saturated rings. The second-order valence-corrected chi connectivity index (χ2v) is 7.02. The molecule has 1 aliphatic rings. The summed E-state index contributed by atoms with van der Waals surface area (Å²) in [5.41, 5.74) is -0.0306. The number of hydrogen-bond acceptors (Lipinski definition) is 4. The number of rotatable bonds is 5. The molecule has 0 aromatic carbocycles. The molecule has 2 rings (SSSR count). The van der Waals surface area contributed by atoms with Crippen LogP contribution in [-0.2, 0) is 10.0 Å². The fraction of sp³-hybridized carbons (Fsp3) is 0.538. The van der Waals surface area contributed by atoms with E-state index in [1.54, 1.807) is 6.07 Å². The molecule has 1 heterocycles. The van der Waals surface area contributed by atoms with Crippen LogP contribution in [0.15, 0.2) is 23.2 Å². The molecule has 0 aliphatic heterocycles. The summed E-state index contributed by atoms with van der Waals surface area (Å²) in [6.45, 7) is 4.45. The van der Waals surface area contributed by atoms with Crippen molar-refractivity contribution in [2.75, 3.05) is 6.54 Å². The monoisotopic (exact) mass is 279 g/mol. The summed E-state index contributed by atoms with van der Waals surface area (Å²) in [5, 5.41) is 9.00. The molecular formula is C13H17N3O2S. The average Bonchev–Trinajstić information content (AvgIpc) is 3.19. The van der Waals surface area contributed by atoms with Gasteiger partial charge in [0.05, 0.1) is 0 Å². The van der Waals surface area contributed by atoms with Crippen molar-refractivity contribution in [1.82, 2.24) is 9.29 Å². The topological polar surface area (TPSA) is 74.1 Å². The fourth-order valence-corrected chi connectivity index (χ4v) is 3.92. The summed E-state index contributed by atoms with van der Waals surface area (Å²) >= 11 is 0. The second-order valence-electron chi connectivity index (χ2n) is 5.16. The van der Waals surface area contributed by atoms with Gasteiger partial charge in [-0.2, -0.15) is 9.57 Å². The first-order valence-electron chi connectivity index (χ1n) is 6.33. The summed E-state index contributed by atoms with van der Waals surface area (Å²) in [5.74, 6) is 0.248. The number of hydrogen-bond donors (Lipinski definition) is 0. The Kier molecular flexibility index (Phi) is 3.88. The molecule has 1 saturated carbocycles. The van der Waals surface area contributed by atoms with Gasteiger partial charge in [-0.25, -0.2) is 13.4 Å². The Balaban J connectivity index is 2.42. The van der Waals surface area contributed by atoms with Crippen LogP contribution in [0.1, 0.15) is 32.4 Å². The van der Waals surface area contributed by atoms with Gasteiger partial charge in [-0.15, -0.1) is 0 Å². The summed E-state index contributed by atoms with van der Waals surface area (Å²) < 4.78 is 26.9. The first-order valence-corrected chi connectivity index (χ1v) is 7.77. The van der Waals surface area contributed by atoms with E-state index in [1.807, 2.05) is 19.9 Å². The molecule has 102 valence electrons. The number of nitrogens with zero attached hydrogens (tertiary/aromatic N) is 3. The largest absolute Gasteiger partial charge is 0.246 e. The minimum atomic E-state index is -3.63. The maximum atomic E-state index is 12.7. The predicted octanol–water partition coefficient (Wildman–Crippen LogP) is 1.76. The SMILES string of the molecule is CC(C)CN(C1CC1)S(=O)(=O)c1cccnc1C#N. The van der Waals surface area contributed by atoms with Crippen molar-refractivity contribution >= 4 is 10.0 Å². The van der Waals surface area contributed by atoms with Gasteiger partial charge in [0.15, 0.2) is 5.69 Å². The first kappa shape index (κ1) is 14.0. The lowest BCUT2D eigenvalue weighted by molar-refractivity contribution is 0.360. The zero-order chi connectivity index (χ0) is 14.0. The van der Waals surface area contributed by atoms with E-state index in [9.17, 15) is 8.42 Å². The van der Waals surface area contributed by atoms with Crippen LogP contribution in [0.5, 0.6) is 0 Å². The van der Waals surface area contributed by atoms with Crippen molar-refractivity contribution in [3.8, 4) is 6.07 Å². The Bertz CT molecular complexity index is 601. The molecule has 5 nitrogen and oxygen atoms in total. The van der Waals surface area contributed by atoms with Crippen LogP contribution in [0, 0.1) is 17.2 Å². The van der Waals surface area contributed by atoms with E-state index in [4.69, 9.17) is 5.26 Å². The number of pyridine rings is 1. The highest BCUT2D eigenvalue weighted by molar-refractivity contribution is 7.89. The minimum absolute atomic E-state index is 0.0186. The van der Waals surface area contributed by atoms with Crippen LogP contribution < -0.4 is 0 Å². The maximum absolute atomic E-state index is 12.7. The normalized spacial score (nSPS) is 15.7. The fourth-order valence-electron chi connectivity index (χ4n) is 1.97. The van der Waals surface area contributed by atoms with E-state index < -0.39 is 10.0 Å². The van der Waals surface area contributed by atoms with E-state index in [0.29, 0.717) is 6.54 Å². The average molecular weight is 279 g/mol. The van der Waals surface area contributed by atoms with Gasteiger partial charge in [0, 0.05) is 18.8 Å². The van der Waals surface area contributed by atoms with Gasteiger partial charge in [0.2, 0.25) is 10.0 Å². The van der Waals surface area contributed by atoms with Gasteiger partial charge in [-0.05, 0) is 30.9 Å². The van der Waals surface area contributed by atoms with Crippen LogP contribution in [0.4, 0.5) is 0 Å². The van der Waals surface area contributed by atoms with E-state index in [1.165, 1.54) is 16.6 Å². The molecule has 1 aromatic heterocycles. The predicted molar refractivity (Wildman–Crippen MR) is 70.7 cm³/mol. The van der Waals surface area contributed by atoms with Crippen molar-refractivity contribution in [2.45, 2.75) is 37.6 Å². The number of nitriles is 1. The molecule has 0 atom stereocenters. The van der Waals surface area contributed by atoms with Crippen molar-refractivity contribution in [1.29, 1.82) is 5.26 Å². The molecule has 0 radical (unpaired) electrons. The third-order valence-electron chi connectivity index (χ3n) is 2.96. The van der Waals surface area contributed by atoms with Gasteiger partial charge in [0.25, 0.3) is 0 Å². The Morgan fingerprint density at radius 3 is 2.74 bits per heavy atom. The molecule has 0 amide bonds. The minimum Gasteiger partial charge on any atom is -0.244 e. The Morgan fingerprint density at radius 2 is 2.21 bits per heavy atom. The lowest BCUT2D eigenvalue weighted by atomic mass is 10.2. The second kappa shape index (κ2) is 5.27. The highest BCUT2D eigenvalue weighted by Gasteiger charge is 2.39. The van der Waals surface area contributed by atoms with Crippen LogP contribution in [0.3, 0.4) is 0 Å². The van der Waals surface area contributed by atoms with Crippen molar-refractivity contribution in [3.05, 3.63) is 24.0 Å². The number of sulfonamides is 1. The standard InChI is InChI=1S/C13H17N3O2S/c1-10(2)9-16(11-5-6-11)19(17,18)13-4-3-7-15-12(13)8-14/h3-4,7,10-11H,5-6,9H2,1-2H3. The Morgan fingerprint density at radius 1 is 1.53 bits per heavy atom. The van der Waals surface area contributed by atoms with E-state index in [0.717, 1.165) is 12.8 Å². The third kappa shape index (κ3) is 2.94. The van der Waals surface area contributed by atoms with E-state index in [2.05, 4.69) is 4.98 Å². The van der Waals surface area contributed by atoms with Gasteiger partial charge >= 0.3 is 0 Å². The van der Waals surface area contributed by atoms with Crippen molar-refractivity contribution < 1.29 is 8.42 Å². The van der Waals surface area contributed by atoms with Crippen LogP contribution in [0.25, 0.3) is 0 Å². The summed E-state index contributed by atoms with van der Waals surface area (Å²) in [7, 11) is -3.63. The van der Waals surface area contributed by atoms with Gasteiger partial charge in [-0.1, -0.05) is 13.8 Å². The van der Waals surface area contributed by atoms with Gasteiger partial charge in [-0.3, -0.25) is 0 Å². The third-order valence-corrected chi connectivity index (χ3v) is 4.91. The van der Waals surface area contributed by atoms with Gasteiger partial charge in [0.1, 0.15) is 11.0 Å². The molecule has 0 spiro atoms. The van der Waals surface area contributed by atoms with Crippen LogP contribution in [-0.4, -0.2) is 30.3 Å². The van der Waals surface area contributed by atoms with Gasteiger partial charge < -0.3 is 0 Å².